The van der Waals surface area contributed by atoms with Gasteiger partial charge in [-0.1, -0.05) is 35.2 Å². The number of hydrogen-bond donors (Lipinski definition) is 0. The van der Waals surface area contributed by atoms with Gasteiger partial charge in [0.15, 0.2) is 17.2 Å². The Hall–Kier alpha value is -2.74. The van der Waals surface area contributed by atoms with Gasteiger partial charge in [0.05, 0.1) is 12.2 Å². The molecule has 0 fully saturated rings. The molecule has 0 atom stereocenters. The van der Waals surface area contributed by atoms with Gasteiger partial charge in [0.2, 0.25) is 0 Å². The lowest BCUT2D eigenvalue weighted by Gasteiger charge is -2.01. The quantitative estimate of drug-likeness (QED) is 0.504. The van der Waals surface area contributed by atoms with Gasteiger partial charge in [-0.15, -0.1) is 5.10 Å². The van der Waals surface area contributed by atoms with Crippen LogP contribution in [0.3, 0.4) is 0 Å². The first-order valence-electron chi connectivity index (χ1n) is 7.49. The number of thioether (sulfide) groups is 1. The Morgan fingerprint density at radius 2 is 1.96 bits per heavy atom. The van der Waals surface area contributed by atoms with Crippen molar-refractivity contribution in [3.63, 3.8) is 0 Å². The second-order valence-electron chi connectivity index (χ2n) is 5.39. The van der Waals surface area contributed by atoms with Crippen LogP contribution in [0, 0.1) is 11.6 Å². The lowest BCUT2D eigenvalue weighted by molar-refractivity contribution is 0.489. The number of halogens is 2. The topological polar surface area (TPSA) is 56.7 Å². The Balaban J connectivity index is 1.41. The summed E-state index contributed by atoms with van der Waals surface area (Å²) in [4.78, 5) is 4.38. The summed E-state index contributed by atoms with van der Waals surface area (Å²) in [7, 11) is 0. The fourth-order valence-corrected chi connectivity index (χ4v) is 3.07. The predicted molar refractivity (Wildman–Crippen MR) is 89.1 cm³/mol. The van der Waals surface area contributed by atoms with E-state index in [4.69, 9.17) is 4.42 Å². The van der Waals surface area contributed by atoms with Crippen LogP contribution in [0.15, 0.2) is 58.3 Å². The second-order valence-corrected chi connectivity index (χ2v) is 6.32. The molecule has 25 heavy (non-hydrogen) atoms. The van der Waals surface area contributed by atoms with Gasteiger partial charge in [0, 0.05) is 11.9 Å². The summed E-state index contributed by atoms with van der Waals surface area (Å²) in [5.41, 5.74) is 2.91. The van der Waals surface area contributed by atoms with Crippen molar-refractivity contribution in [2.75, 3.05) is 0 Å². The van der Waals surface area contributed by atoms with E-state index in [0.717, 1.165) is 28.9 Å². The largest absolute Gasteiger partial charge is 0.431 e. The Labute approximate surface area is 145 Å². The minimum atomic E-state index is -0.871. The molecule has 4 aromatic rings. The highest BCUT2D eigenvalue weighted by Gasteiger charge is 2.09. The first-order valence-corrected chi connectivity index (χ1v) is 8.47. The van der Waals surface area contributed by atoms with Gasteiger partial charge in [0.25, 0.3) is 5.22 Å². The molecule has 0 unspecified atom stereocenters. The van der Waals surface area contributed by atoms with Gasteiger partial charge in [-0.25, -0.2) is 18.4 Å². The zero-order valence-electron chi connectivity index (χ0n) is 12.9. The zero-order valence-corrected chi connectivity index (χ0v) is 13.7. The second kappa shape index (κ2) is 6.64. The van der Waals surface area contributed by atoms with Gasteiger partial charge in [-0.3, -0.25) is 0 Å². The molecule has 0 radical (unpaired) electrons. The zero-order chi connectivity index (χ0) is 17.2. The number of aromatic nitrogens is 4. The average molecular weight is 358 g/mol. The number of oxazole rings is 1. The standard InChI is InChI=1S/C17H12F2N4OS/c18-13-6-5-11(7-14(13)19)8-23-9-12(21-22-23)10-25-17-20-15-3-1-2-4-16(15)24-17/h1-7,9H,8,10H2. The van der Waals surface area contributed by atoms with Crippen molar-refractivity contribution in [2.45, 2.75) is 17.5 Å². The summed E-state index contributed by atoms with van der Waals surface area (Å²) in [6, 6.07) is 11.3. The van der Waals surface area contributed by atoms with E-state index in [1.54, 1.807) is 10.9 Å². The average Bonchev–Trinajstić information content (AvgIpc) is 3.22. The van der Waals surface area contributed by atoms with Crippen LogP contribution in [-0.2, 0) is 12.3 Å². The van der Waals surface area contributed by atoms with E-state index in [9.17, 15) is 8.78 Å². The Morgan fingerprint density at radius 1 is 1.08 bits per heavy atom. The Bertz CT molecular complexity index is 997. The van der Waals surface area contributed by atoms with Crippen LogP contribution in [0.1, 0.15) is 11.3 Å². The third-order valence-electron chi connectivity index (χ3n) is 3.53. The van der Waals surface area contributed by atoms with Gasteiger partial charge >= 0.3 is 0 Å². The Morgan fingerprint density at radius 3 is 2.80 bits per heavy atom. The molecule has 2 heterocycles. The number of nitrogens with zero attached hydrogens (tertiary/aromatic N) is 4. The minimum absolute atomic E-state index is 0.317. The predicted octanol–water partition coefficient (Wildman–Crippen LogP) is 4.04. The summed E-state index contributed by atoms with van der Waals surface area (Å²) < 4.78 is 33.4. The van der Waals surface area contributed by atoms with Gasteiger partial charge in [0.1, 0.15) is 5.52 Å². The van der Waals surface area contributed by atoms with E-state index in [-0.39, 0.29) is 0 Å². The SMILES string of the molecule is Fc1ccc(Cn2cc(CSc3nc4ccccc4o3)nn2)cc1F. The third kappa shape index (κ3) is 3.53. The molecule has 0 N–H and O–H groups in total. The van der Waals surface area contributed by atoms with Crippen LogP contribution in [-0.4, -0.2) is 20.0 Å². The van der Waals surface area contributed by atoms with E-state index in [2.05, 4.69) is 15.3 Å². The van der Waals surface area contributed by atoms with Crippen LogP contribution in [0.5, 0.6) is 0 Å². The molecule has 0 bridgehead atoms. The van der Waals surface area contributed by atoms with Crippen molar-refractivity contribution >= 4 is 22.9 Å². The molecule has 8 heteroatoms. The van der Waals surface area contributed by atoms with Crippen molar-refractivity contribution < 1.29 is 13.2 Å². The van der Waals surface area contributed by atoms with Crippen molar-refractivity contribution in [3.05, 3.63) is 71.6 Å². The molecular formula is C17H12F2N4OS. The smallest absolute Gasteiger partial charge is 0.257 e. The molecule has 0 saturated heterocycles. The molecule has 0 aliphatic heterocycles. The fraction of sp³-hybridized carbons (Fsp3) is 0.118. The summed E-state index contributed by atoms with van der Waals surface area (Å²) in [5.74, 6) is -1.19. The monoisotopic (exact) mass is 358 g/mol. The summed E-state index contributed by atoms with van der Waals surface area (Å²) >= 11 is 1.42. The Kier molecular flexibility index (Phi) is 4.19. The number of para-hydroxylation sites is 2. The molecule has 0 amide bonds. The van der Waals surface area contributed by atoms with E-state index in [0.29, 0.717) is 23.1 Å². The first-order chi connectivity index (χ1) is 12.2. The highest BCUT2D eigenvalue weighted by atomic mass is 32.2. The maximum absolute atomic E-state index is 13.2. The van der Waals surface area contributed by atoms with Crippen LogP contribution in [0.2, 0.25) is 0 Å². The maximum atomic E-state index is 13.2. The molecule has 0 aliphatic rings. The van der Waals surface area contributed by atoms with Crippen molar-refractivity contribution in [2.24, 2.45) is 0 Å². The van der Waals surface area contributed by atoms with E-state index >= 15 is 0 Å². The van der Waals surface area contributed by atoms with Crippen molar-refractivity contribution in [3.8, 4) is 0 Å². The molecule has 0 spiro atoms. The molecule has 126 valence electrons. The number of benzene rings is 2. The molecule has 5 nitrogen and oxygen atoms in total. The maximum Gasteiger partial charge on any atom is 0.257 e. The summed E-state index contributed by atoms with van der Waals surface area (Å²) in [6.45, 7) is 0.317. The number of rotatable bonds is 5. The molecule has 4 rings (SSSR count). The fourth-order valence-electron chi connectivity index (χ4n) is 2.36. The van der Waals surface area contributed by atoms with Gasteiger partial charge in [-0.05, 0) is 29.8 Å². The highest BCUT2D eigenvalue weighted by Crippen LogP contribution is 2.25. The van der Waals surface area contributed by atoms with E-state index < -0.39 is 11.6 Å². The number of hydrogen-bond acceptors (Lipinski definition) is 5. The van der Waals surface area contributed by atoms with Crippen LogP contribution in [0.4, 0.5) is 8.78 Å². The highest BCUT2D eigenvalue weighted by molar-refractivity contribution is 7.98. The first kappa shape index (κ1) is 15.8. The van der Waals surface area contributed by atoms with Crippen molar-refractivity contribution in [1.29, 1.82) is 0 Å². The summed E-state index contributed by atoms with van der Waals surface area (Å²) in [6.07, 6.45) is 1.76. The molecule has 2 aromatic heterocycles. The van der Waals surface area contributed by atoms with E-state index in [1.807, 2.05) is 24.3 Å². The lowest BCUT2D eigenvalue weighted by Crippen LogP contribution is -2.01. The number of fused-ring (bicyclic) bond motifs is 1. The molecule has 2 aromatic carbocycles. The summed E-state index contributed by atoms with van der Waals surface area (Å²) in [5, 5.41) is 8.65. The molecule has 0 aliphatic carbocycles. The van der Waals surface area contributed by atoms with Crippen LogP contribution >= 0.6 is 11.8 Å². The minimum Gasteiger partial charge on any atom is -0.431 e. The molecule has 0 saturated carbocycles. The van der Waals surface area contributed by atoms with Gasteiger partial charge < -0.3 is 4.42 Å². The third-order valence-corrected chi connectivity index (χ3v) is 4.39. The van der Waals surface area contributed by atoms with Crippen LogP contribution in [0.25, 0.3) is 11.1 Å². The van der Waals surface area contributed by atoms with E-state index in [1.165, 1.54) is 17.8 Å². The van der Waals surface area contributed by atoms with Gasteiger partial charge in [-0.2, -0.15) is 0 Å². The lowest BCUT2D eigenvalue weighted by atomic mass is 10.2. The normalized spacial score (nSPS) is 11.3. The van der Waals surface area contributed by atoms with Crippen LogP contribution < -0.4 is 0 Å². The van der Waals surface area contributed by atoms with Crippen molar-refractivity contribution in [1.82, 2.24) is 20.0 Å². The molecular weight excluding hydrogens is 346 g/mol.